The van der Waals surface area contributed by atoms with Crippen molar-refractivity contribution in [1.82, 2.24) is 4.90 Å². The lowest BCUT2D eigenvalue weighted by Gasteiger charge is -2.29. The van der Waals surface area contributed by atoms with Crippen molar-refractivity contribution in [2.45, 2.75) is 18.4 Å². The molecule has 0 saturated carbocycles. The number of fused-ring (bicyclic) bond motifs is 4. The molecule has 174 valence electrons. The molecule has 4 aromatic rings. The number of benzene rings is 4. The van der Waals surface area contributed by atoms with Gasteiger partial charge in [0.05, 0.1) is 13.0 Å². The van der Waals surface area contributed by atoms with Crippen LogP contribution in [0.2, 0.25) is 0 Å². The fourth-order valence-corrected chi connectivity index (χ4v) is 5.00. The van der Waals surface area contributed by atoms with Crippen LogP contribution in [0.15, 0.2) is 91.0 Å². The number of carbonyl (C=O) groups is 3. The van der Waals surface area contributed by atoms with E-state index in [1.165, 1.54) is 0 Å². The van der Waals surface area contributed by atoms with Gasteiger partial charge >= 0.3 is 12.1 Å². The normalized spacial score (nSPS) is 13.1. The first-order valence-electron chi connectivity index (χ1n) is 11.3. The van der Waals surface area contributed by atoms with E-state index in [-0.39, 0.29) is 6.42 Å². The quantitative estimate of drug-likeness (QED) is 0.436. The first-order chi connectivity index (χ1) is 17.0. The number of carbonyl (C=O) groups excluding carboxylic acids is 2. The van der Waals surface area contributed by atoms with E-state index in [0.717, 1.165) is 50.6 Å². The van der Waals surface area contributed by atoms with E-state index in [1.54, 1.807) is 0 Å². The molecule has 35 heavy (non-hydrogen) atoms. The molecule has 0 fully saturated rings. The average molecular weight is 466 g/mol. The van der Waals surface area contributed by atoms with Crippen molar-refractivity contribution >= 4 is 28.7 Å². The Morgan fingerprint density at radius 1 is 0.829 bits per heavy atom. The molecule has 1 N–H and O–H groups in total. The number of amides is 2. The zero-order chi connectivity index (χ0) is 24.5. The molecule has 6 heteroatoms. The van der Waals surface area contributed by atoms with E-state index in [4.69, 9.17) is 4.74 Å². The Morgan fingerprint density at radius 2 is 1.40 bits per heavy atom. The number of imide groups is 1. The van der Waals surface area contributed by atoms with Gasteiger partial charge in [0.2, 0.25) is 5.91 Å². The summed E-state index contributed by atoms with van der Waals surface area (Å²) >= 11 is 0. The summed E-state index contributed by atoms with van der Waals surface area (Å²) in [5.74, 6) is -2.71. The Morgan fingerprint density at radius 3 is 2.03 bits per heavy atom. The Balaban J connectivity index is 1.60. The Kier molecular flexibility index (Phi) is 5.79. The Hall–Kier alpha value is -4.45. The summed E-state index contributed by atoms with van der Waals surface area (Å²) in [6.45, 7) is 0. The van der Waals surface area contributed by atoms with Crippen LogP contribution in [0.4, 0.5) is 4.79 Å². The predicted octanol–water partition coefficient (Wildman–Crippen LogP) is 5.24. The molecule has 0 radical (unpaired) electrons. The third kappa shape index (κ3) is 3.83. The highest BCUT2D eigenvalue weighted by molar-refractivity contribution is 6.04. The van der Waals surface area contributed by atoms with Gasteiger partial charge < -0.3 is 9.84 Å². The number of aliphatic carboxylic acids is 1. The molecule has 1 unspecified atom stereocenters. The monoisotopic (exact) mass is 465 g/mol. The van der Waals surface area contributed by atoms with E-state index in [0.29, 0.717) is 0 Å². The minimum Gasteiger partial charge on any atom is -0.480 e. The molecule has 1 aliphatic carbocycles. The summed E-state index contributed by atoms with van der Waals surface area (Å²) in [5, 5.41) is 12.0. The molecule has 0 saturated heterocycles. The predicted molar refractivity (Wildman–Crippen MR) is 132 cm³/mol. The molecular weight excluding hydrogens is 442 g/mol. The van der Waals surface area contributed by atoms with Gasteiger partial charge in [-0.3, -0.25) is 4.79 Å². The van der Waals surface area contributed by atoms with Crippen molar-refractivity contribution in [3.05, 3.63) is 108 Å². The molecule has 6 nitrogen and oxygen atoms in total. The largest absolute Gasteiger partial charge is 0.480 e. The molecule has 0 heterocycles. The topological polar surface area (TPSA) is 83.9 Å². The molecular formula is C29H23NO5. The zero-order valence-corrected chi connectivity index (χ0v) is 19.0. The van der Waals surface area contributed by atoms with Crippen LogP contribution < -0.4 is 0 Å². The third-order valence-corrected chi connectivity index (χ3v) is 6.58. The van der Waals surface area contributed by atoms with Crippen molar-refractivity contribution in [2.75, 3.05) is 7.11 Å². The first-order valence-corrected chi connectivity index (χ1v) is 11.3. The van der Waals surface area contributed by atoms with Crippen LogP contribution in [-0.4, -0.2) is 41.1 Å². The summed E-state index contributed by atoms with van der Waals surface area (Å²) < 4.78 is 4.93. The smallest absolute Gasteiger partial charge is 0.417 e. The van der Waals surface area contributed by atoms with Crippen molar-refractivity contribution in [2.24, 2.45) is 0 Å². The second kappa shape index (κ2) is 9.06. The second-order valence-electron chi connectivity index (χ2n) is 8.48. The highest BCUT2D eigenvalue weighted by atomic mass is 16.5. The van der Waals surface area contributed by atoms with Gasteiger partial charge in [-0.2, -0.15) is 0 Å². The molecule has 0 bridgehead atoms. The van der Waals surface area contributed by atoms with Gasteiger partial charge in [0.25, 0.3) is 0 Å². The van der Waals surface area contributed by atoms with Crippen molar-refractivity contribution in [3.8, 4) is 11.1 Å². The van der Waals surface area contributed by atoms with Gasteiger partial charge in [-0.15, -0.1) is 0 Å². The molecule has 2 amide bonds. The maximum absolute atomic E-state index is 14.0. The van der Waals surface area contributed by atoms with Crippen molar-refractivity contribution in [3.63, 3.8) is 0 Å². The number of nitrogens with zero attached hydrogens (tertiary/aromatic N) is 1. The van der Waals surface area contributed by atoms with Gasteiger partial charge in [-0.25, -0.2) is 14.5 Å². The van der Waals surface area contributed by atoms with E-state index in [9.17, 15) is 19.5 Å². The molecule has 1 aliphatic rings. The number of methoxy groups -OCH3 is 1. The fraction of sp³-hybridized carbons (Fsp3) is 0.138. The number of carboxylic acids is 1. The molecule has 1 atom stereocenters. The van der Waals surface area contributed by atoms with Crippen LogP contribution in [0.5, 0.6) is 0 Å². The van der Waals surface area contributed by atoms with Gasteiger partial charge in [0.1, 0.15) is 6.04 Å². The van der Waals surface area contributed by atoms with Crippen LogP contribution in [0.25, 0.3) is 21.9 Å². The SMILES string of the molecule is COC(=O)N(C(=O)C1c2ccccc2-c2ccccc21)C(Cc1cccc2ccccc12)C(=O)O. The van der Waals surface area contributed by atoms with Gasteiger partial charge in [-0.05, 0) is 38.6 Å². The summed E-state index contributed by atoms with van der Waals surface area (Å²) in [5.41, 5.74) is 3.99. The lowest BCUT2D eigenvalue weighted by molar-refractivity contribution is -0.148. The third-order valence-electron chi connectivity index (χ3n) is 6.58. The van der Waals surface area contributed by atoms with Crippen molar-refractivity contribution in [1.29, 1.82) is 0 Å². The Bertz CT molecular complexity index is 1410. The van der Waals surface area contributed by atoms with Crippen molar-refractivity contribution < 1.29 is 24.2 Å². The minimum atomic E-state index is -1.44. The van der Waals surface area contributed by atoms with Gasteiger partial charge in [0.15, 0.2) is 0 Å². The Labute approximate surface area is 202 Å². The highest BCUT2D eigenvalue weighted by Crippen LogP contribution is 2.45. The first kappa shape index (κ1) is 22.3. The van der Waals surface area contributed by atoms with E-state index >= 15 is 0 Å². The maximum atomic E-state index is 14.0. The maximum Gasteiger partial charge on any atom is 0.417 e. The van der Waals surface area contributed by atoms with E-state index in [1.807, 2.05) is 91.0 Å². The highest BCUT2D eigenvalue weighted by Gasteiger charge is 2.43. The number of carboxylic acid groups (broad SMARTS) is 1. The fourth-order valence-electron chi connectivity index (χ4n) is 5.00. The van der Waals surface area contributed by atoms with Crippen LogP contribution in [-0.2, 0) is 20.7 Å². The number of hydrogen-bond donors (Lipinski definition) is 1. The van der Waals surface area contributed by atoms with Crippen LogP contribution >= 0.6 is 0 Å². The number of hydrogen-bond acceptors (Lipinski definition) is 4. The second-order valence-corrected chi connectivity index (χ2v) is 8.48. The molecule has 4 aromatic carbocycles. The van der Waals surface area contributed by atoms with E-state index < -0.39 is 29.9 Å². The molecule has 0 aliphatic heterocycles. The summed E-state index contributed by atoms with van der Waals surface area (Å²) in [6.07, 6.45) is -1.04. The summed E-state index contributed by atoms with van der Waals surface area (Å²) in [7, 11) is 1.15. The number of ether oxygens (including phenoxy) is 1. The van der Waals surface area contributed by atoms with Gasteiger partial charge in [0, 0.05) is 6.42 Å². The minimum absolute atomic E-state index is 0.0481. The summed E-state index contributed by atoms with van der Waals surface area (Å²) in [6, 6.07) is 26.7. The lowest BCUT2D eigenvalue weighted by atomic mass is 9.93. The summed E-state index contributed by atoms with van der Waals surface area (Å²) in [4.78, 5) is 40.3. The van der Waals surface area contributed by atoms with Gasteiger partial charge in [-0.1, -0.05) is 91.0 Å². The molecule has 0 aromatic heterocycles. The van der Waals surface area contributed by atoms with Crippen LogP contribution in [0, 0.1) is 0 Å². The van der Waals surface area contributed by atoms with E-state index in [2.05, 4.69) is 0 Å². The molecule has 5 rings (SSSR count). The zero-order valence-electron chi connectivity index (χ0n) is 19.0. The average Bonchev–Trinajstić information content (AvgIpc) is 3.22. The molecule has 0 spiro atoms. The number of rotatable bonds is 5. The van der Waals surface area contributed by atoms with Crippen LogP contribution in [0.3, 0.4) is 0 Å². The standard InChI is InChI=1S/C29H23NO5/c1-35-29(34)30(25(28(32)33)17-19-11-8-10-18-9-2-3-12-20(18)19)27(31)26-23-15-6-4-13-21(23)22-14-5-7-16-24(22)26/h2-16,25-26H,17H2,1H3,(H,32,33). The van der Waals surface area contributed by atoms with Crippen LogP contribution in [0.1, 0.15) is 22.6 Å². The lowest BCUT2D eigenvalue weighted by Crippen LogP contribution is -2.51.